The molecule has 0 saturated heterocycles. The van der Waals surface area contributed by atoms with Gasteiger partial charge in [-0.25, -0.2) is 0 Å². The lowest BCUT2D eigenvalue weighted by Crippen LogP contribution is -2.05. The third-order valence-electron chi connectivity index (χ3n) is 1.00. The summed E-state index contributed by atoms with van der Waals surface area (Å²) in [6.07, 6.45) is 2.18. The van der Waals surface area contributed by atoms with Gasteiger partial charge < -0.3 is 9.90 Å². The second kappa shape index (κ2) is 4.78. The zero-order chi connectivity index (χ0) is 6.41. The number of rotatable bonds is 4. The second-order valence-corrected chi connectivity index (χ2v) is 1.72. The van der Waals surface area contributed by atoms with Crippen LogP contribution in [0, 0.1) is 12.8 Å². The van der Waals surface area contributed by atoms with E-state index in [4.69, 9.17) is 5.11 Å². The lowest BCUT2D eigenvalue weighted by molar-refractivity contribution is -0.112. The first-order chi connectivity index (χ1) is 3.85. The molecule has 2 nitrogen and oxygen atoms in total. The molecule has 0 amide bonds. The lowest BCUT2D eigenvalue weighted by Gasteiger charge is -2.00. The topological polar surface area (TPSA) is 37.3 Å². The Hall–Kier alpha value is -0.370. The average molecular weight is 115 g/mol. The Morgan fingerprint density at radius 2 is 2.38 bits per heavy atom. The van der Waals surface area contributed by atoms with Crippen molar-refractivity contribution in [2.45, 2.75) is 12.8 Å². The van der Waals surface area contributed by atoms with Crippen molar-refractivity contribution in [2.24, 2.45) is 5.92 Å². The Morgan fingerprint density at radius 3 is 2.50 bits per heavy atom. The van der Waals surface area contributed by atoms with Crippen molar-refractivity contribution in [3.63, 3.8) is 0 Å². The molecule has 0 aliphatic rings. The molecule has 0 aromatic heterocycles. The van der Waals surface area contributed by atoms with Crippen LogP contribution in [0.2, 0.25) is 0 Å². The number of carbonyl (C=O) groups is 1. The average Bonchev–Trinajstić information content (AvgIpc) is 1.83. The molecule has 1 radical (unpaired) electrons. The van der Waals surface area contributed by atoms with Crippen LogP contribution >= 0.6 is 0 Å². The van der Waals surface area contributed by atoms with Crippen LogP contribution in [0.1, 0.15) is 12.8 Å². The van der Waals surface area contributed by atoms with Gasteiger partial charge in [0.25, 0.3) is 0 Å². The predicted octanol–water partition coefficient (Wildman–Crippen LogP) is 0.408. The predicted molar refractivity (Wildman–Crippen MR) is 31.2 cm³/mol. The van der Waals surface area contributed by atoms with E-state index in [9.17, 15) is 4.79 Å². The highest BCUT2D eigenvalue weighted by Crippen LogP contribution is 1.99. The Labute approximate surface area is 49.5 Å². The number of aliphatic hydroxyl groups excluding tert-OH is 1. The first kappa shape index (κ1) is 7.63. The third-order valence-corrected chi connectivity index (χ3v) is 1.00. The molecular weight excluding hydrogens is 104 g/mol. The van der Waals surface area contributed by atoms with Crippen LogP contribution in [0.4, 0.5) is 0 Å². The molecule has 0 saturated carbocycles. The van der Waals surface area contributed by atoms with Crippen LogP contribution in [0.15, 0.2) is 0 Å². The number of aldehydes is 1. The molecule has 2 heteroatoms. The van der Waals surface area contributed by atoms with Crippen molar-refractivity contribution < 1.29 is 9.90 Å². The van der Waals surface area contributed by atoms with Crippen molar-refractivity contribution in [1.82, 2.24) is 0 Å². The fraction of sp³-hybridized carbons (Fsp3) is 0.667. The monoisotopic (exact) mass is 115 g/mol. The summed E-state index contributed by atoms with van der Waals surface area (Å²) in [6.45, 7) is 3.51. The van der Waals surface area contributed by atoms with Gasteiger partial charge in [0.05, 0.1) is 6.61 Å². The molecule has 0 spiro atoms. The smallest absolute Gasteiger partial charge is 0.125 e. The Kier molecular flexibility index (Phi) is 4.56. The zero-order valence-electron chi connectivity index (χ0n) is 4.84. The van der Waals surface area contributed by atoms with E-state index in [0.29, 0.717) is 12.8 Å². The number of aliphatic hydroxyl groups is 1. The molecule has 47 valence electrons. The van der Waals surface area contributed by atoms with Crippen molar-refractivity contribution in [2.75, 3.05) is 6.61 Å². The van der Waals surface area contributed by atoms with Gasteiger partial charge in [-0.2, -0.15) is 0 Å². The van der Waals surface area contributed by atoms with E-state index in [0.717, 1.165) is 6.29 Å². The van der Waals surface area contributed by atoms with E-state index in [-0.39, 0.29) is 12.5 Å². The van der Waals surface area contributed by atoms with Crippen LogP contribution in [-0.4, -0.2) is 18.0 Å². The normalized spacial score (nSPS) is 13.2. The molecule has 1 N–H and O–H groups in total. The first-order valence-corrected chi connectivity index (χ1v) is 2.70. The van der Waals surface area contributed by atoms with E-state index >= 15 is 0 Å². The fourth-order valence-electron chi connectivity index (χ4n) is 0.465. The van der Waals surface area contributed by atoms with E-state index in [1.165, 1.54) is 0 Å². The Morgan fingerprint density at radius 1 is 1.75 bits per heavy atom. The number of hydrogen-bond donors (Lipinski definition) is 1. The van der Waals surface area contributed by atoms with Gasteiger partial charge in [0.1, 0.15) is 6.29 Å². The Balaban J connectivity index is 3.21. The summed E-state index contributed by atoms with van der Waals surface area (Å²) >= 11 is 0. The van der Waals surface area contributed by atoms with Crippen LogP contribution in [-0.2, 0) is 4.79 Å². The minimum Gasteiger partial charge on any atom is -0.396 e. The number of carbonyl (C=O) groups excluding carboxylic acids is 1. The molecule has 0 fully saturated rings. The summed E-state index contributed by atoms with van der Waals surface area (Å²) in [5, 5.41) is 8.40. The summed E-state index contributed by atoms with van der Waals surface area (Å²) in [5.41, 5.74) is 0. The second-order valence-electron chi connectivity index (χ2n) is 1.72. The van der Waals surface area contributed by atoms with Crippen molar-refractivity contribution in [3.8, 4) is 0 Å². The summed E-state index contributed by atoms with van der Waals surface area (Å²) in [4.78, 5) is 9.94. The van der Waals surface area contributed by atoms with Gasteiger partial charge in [0.15, 0.2) is 0 Å². The van der Waals surface area contributed by atoms with E-state index < -0.39 is 0 Å². The molecule has 8 heavy (non-hydrogen) atoms. The first-order valence-electron chi connectivity index (χ1n) is 2.70. The fourth-order valence-corrected chi connectivity index (χ4v) is 0.465. The maximum atomic E-state index is 9.94. The van der Waals surface area contributed by atoms with Crippen molar-refractivity contribution >= 4 is 6.29 Å². The summed E-state index contributed by atoms with van der Waals surface area (Å²) in [7, 11) is 0. The molecular formula is C6H11O2. The summed E-state index contributed by atoms with van der Waals surface area (Å²) in [5.74, 6) is -0.188. The van der Waals surface area contributed by atoms with Crippen LogP contribution in [0.25, 0.3) is 0 Å². The van der Waals surface area contributed by atoms with Crippen LogP contribution in [0.5, 0.6) is 0 Å². The maximum absolute atomic E-state index is 9.94. The van der Waals surface area contributed by atoms with Crippen LogP contribution < -0.4 is 0 Å². The van der Waals surface area contributed by atoms with Gasteiger partial charge in [-0.05, 0) is 6.42 Å². The number of hydrogen-bond acceptors (Lipinski definition) is 2. The minimum absolute atomic E-state index is 0.0426. The molecule has 0 aromatic rings. The summed E-state index contributed by atoms with van der Waals surface area (Å²) < 4.78 is 0. The van der Waals surface area contributed by atoms with Gasteiger partial charge in [-0.1, -0.05) is 13.3 Å². The molecule has 0 aromatic carbocycles. The molecule has 0 aliphatic heterocycles. The summed E-state index contributed by atoms with van der Waals surface area (Å²) in [6, 6.07) is 0. The van der Waals surface area contributed by atoms with Gasteiger partial charge >= 0.3 is 0 Å². The molecule has 0 rings (SSSR count). The largest absolute Gasteiger partial charge is 0.396 e. The van der Waals surface area contributed by atoms with Crippen LogP contribution in [0.3, 0.4) is 0 Å². The molecule has 0 heterocycles. The highest BCUT2D eigenvalue weighted by Gasteiger charge is 2.01. The maximum Gasteiger partial charge on any atom is 0.125 e. The van der Waals surface area contributed by atoms with Gasteiger partial charge in [-0.3, -0.25) is 0 Å². The van der Waals surface area contributed by atoms with Crippen molar-refractivity contribution in [3.05, 3.63) is 6.92 Å². The Bertz CT molecular complexity index is 61.5. The van der Waals surface area contributed by atoms with E-state index in [1.807, 2.05) is 0 Å². The molecule has 1 atom stereocenters. The van der Waals surface area contributed by atoms with Crippen molar-refractivity contribution in [1.29, 1.82) is 0 Å². The standard InChI is InChI=1S/C6H11O2/c1-2-3-6(4-7)5-8/h4,6,8H,1-3,5H2. The quantitative estimate of drug-likeness (QED) is 0.539. The van der Waals surface area contributed by atoms with E-state index in [2.05, 4.69) is 6.92 Å². The third kappa shape index (κ3) is 2.75. The van der Waals surface area contributed by atoms with Gasteiger partial charge in [-0.15, -0.1) is 0 Å². The minimum atomic E-state index is -0.188. The lowest BCUT2D eigenvalue weighted by atomic mass is 10.1. The van der Waals surface area contributed by atoms with Gasteiger partial charge in [0.2, 0.25) is 0 Å². The van der Waals surface area contributed by atoms with Gasteiger partial charge in [0, 0.05) is 5.92 Å². The van der Waals surface area contributed by atoms with E-state index in [1.54, 1.807) is 0 Å². The molecule has 0 bridgehead atoms. The molecule has 0 aliphatic carbocycles. The highest BCUT2D eigenvalue weighted by atomic mass is 16.3. The zero-order valence-corrected chi connectivity index (χ0v) is 4.84. The molecule has 1 unspecified atom stereocenters. The SMILES string of the molecule is [CH2]CCC(C=O)CO. The highest BCUT2D eigenvalue weighted by molar-refractivity contribution is 5.53.